The van der Waals surface area contributed by atoms with E-state index in [0.717, 1.165) is 50.9 Å². The Bertz CT molecular complexity index is 662. The van der Waals surface area contributed by atoms with Crippen molar-refractivity contribution >= 4 is 11.9 Å². The van der Waals surface area contributed by atoms with E-state index in [4.69, 9.17) is 0 Å². The number of hydrogen-bond donors (Lipinski definition) is 2. The summed E-state index contributed by atoms with van der Waals surface area (Å²) in [5.74, 6) is 1.05. The summed E-state index contributed by atoms with van der Waals surface area (Å²) in [6.07, 6.45) is 7.43. The van der Waals surface area contributed by atoms with Crippen LogP contribution in [0.25, 0.3) is 0 Å². The van der Waals surface area contributed by atoms with Gasteiger partial charge in [0.25, 0.3) is 0 Å². The zero-order valence-electron chi connectivity index (χ0n) is 16.3. The molecule has 0 aliphatic heterocycles. The van der Waals surface area contributed by atoms with Gasteiger partial charge >= 0.3 is 0 Å². The minimum Gasteiger partial charge on any atom is -0.355 e. The average Bonchev–Trinajstić information content (AvgIpc) is 3.14. The Morgan fingerprint density at radius 3 is 2.58 bits per heavy atom. The predicted molar refractivity (Wildman–Crippen MR) is 106 cm³/mol. The first-order valence-corrected chi connectivity index (χ1v) is 9.80. The molecule has 0 aromatic heterocycles. The van der Waals surface area contributed by atoms with Crippen LogP contribution in [-0.4, -0.2) is 50.5 Å². The summed E-state index contributed by atoms with van der Waals surface area (Å²) >= 11 is 0. The topological polar surface area (TPSA) is 56.7 Å². The number of nitrogens with one attached hydrogen (secondary N) is 2. The molecule has 142 valence electrons. The summed E-state index contributed by atoms with van der Waals surface area (Å²) in [5, 5.41) is 7.02. The van der Waals surface area contributed by atoms with Crippen LogP contribution in [0.15, 0.2) is 29.3 Å². The molecule has 0 bridgehead atoms. The Hall–Kier alpha value is -2.04. The highest BCUT2D eigenvalue weighted by molar-refractivity contribution is 5.85. The smallest absolute Gasteiger partial charge is 0.230 e. The Morgan fingerprint density at radius 1 is 1.23 bits per heavy atom. The zero-order valence-corrected chi connectivity index (χ0v) is 16.3. The maximum Gasteiger partial charge on any atom is 0.230 e. The molecule has 3 rings (SSSR count). The predicted octanol–water partition coefficient (Wildman–Crippen LogP) is 2.36. The normalized spacial score (nSPS) is 21.8. The molecule has 1 aromatic rings. The summed E-state index contributed by atoms with van der Waals surface area (Å²) in [6.45, 7) is 0.660. The Labute approximate surface area is 157 Å². The van der Waals surface area contributed by atoms with Gasteiger partial charge in [0.2, 0.25) is 5.91 Å². The summed E-state index contributed by atoms with van der Waals surface area (Å²) in [7, 11) is 5.52. The van der Waals surface area contributed by atoms with Gasteiger partial charge in [-0.1, -0.05) is 37.1 Å². The second-order valence-corrected chi connectivity index (χ2v) is 7.97. The van der Waals surface area contributed by atoms with Gasteiger partial charge < -0.3 is 15.5 Å². The monoisotopic (exact) mass is 356 g/mol. The molecule has 0 saturated heterocycles. The number of carbonyl (C=O) groups is 1. The van der Waals surface area contributed by atoms with Crippen LogP contribution in [0.1, 0.15) is 43.2 Å². The second kappa shape index (κ2) is 8.11. The molecule has 0 heterocycles. The fourth-order valence-electron chi connectivity index (χ4n) is 4.45. The molecular formula is C21H32N4O. The van der Waals surface area contributed by atoms with Crippen molar-refractivity contribution in [3.8, 4) is 0 Å². The molecule has 1 fully saturated rings. The van der Waals surface area contributed by atoms with E-state index < -0.39 is 0 Å². The fraction of sp³-hybridized carbons (Fsp3) is 0.619. The van der Waals surface area contributed by atoms with E-state index in [1.54, 1.807) is 11.9 Å². The van der Waals surface area contributed by atoms with Gasteiger partial charge in [-0.2, -0.15) is 0 Å². The first-order chi connectivity index (χ1) is 12.5. The van der Waals surface area contributed by atoms with Gasteiger partial charge in [-0.15, -0.1) is 0 Å². The molecule has 1 saturated carbocycles. The van der Waals surface area contributed by atoms with E-state index in [1.807, 2.05) is 14.1 Å². The van der Waals surface area contributed by atoms with E-state index in [2.05, 4.69) is 39.9 Å². The lowest BCUT2D eigenvalue weighted by Gasteiger charge is -2.32. The molecular weight excluding hydrogens is 324 g/mol. The highest BCUT2D eigenvalue weighted by atomic mass is 16.2. The van der Waals surface area contributed by atoms with Gasteiger partial charge in [0.1, 0.15) is 0 Å². The van der Waals surface area contributed by atoms with Crippen molar-refractivity contribution in [2.24, 2.45) is 10.4 Å². The van der Waals surface area contributed by atoms with Crippen molar-refractivity contribution < 1.29 is 4.79 Å². The van der Waals surface area contributed by atoms with E-state index in [0.29, 0.717) is 12.6 Å². The largest absolute Gasteiger partial charge is 0.355 e. The fourth-order valence-corrected chi connectivity index (χ4v) is 4.45. The van der Waals surface area contributed by atoms with Gasteiger partial charge in [-0.25, -0.2) is 0 Å². The minimum atomic E-state index is -0.277. The van der Waals surface area contributed by atoms with Crippen LogP contribution in [0, 0.1) is 5.41 Å². The van der Waals surface area contributed by atoms with Crippen molar-refractivity contribution in [1.82, 2.24) is 15.5 Å². The van der Waals surface area contributed by atoms with E-state index in [1.165, 1.54) is 11.1 Å². The van der Waals surface area contributed by atoms with Crippen LogP contribution in [0.5, 0.6) is 0 Å². The Kier molecular flexibility index (Phi) is 5.84. The van der Waals surface area contributed by atoms with Crippen LogP contribution in [0.4, 0.5) is 0 Å². The standard InChI is InChI=1S/C21H32N4O/c1-22-20(23-15-21(12-6-7-13-21)19(26)25(2)3)24-18-11-10-16-8-4-5-9-17(16)14-18/h4-5,8-9,18H,6-7,10-15H2,1-3H3,(H2,22,23,24). The molecule has 1 amide bonds. The molecule has 1 atom stereocenters. The third-order valence-corrected chi connectivity index (χ3v) is 5.93. The average molecular weight is 357 g/mol. The maximum atomic E-state index is 12.7. The number of aryl methyl sites for hydroxylation is 1. The van der Waals surface area contributed by atoms with E-state index in [9.17, 15) is 4.79 Å². The zero-order chi connectivity index (χ0) is 18.6. The molecule has 2 N–H and O–H groups in total. The third-order valence-electron chi connectivity index (χ3n) is 5.93. The van der Waals surface area contributed by atoms with E-state index >= 15 is 0 Å². The molecule has 2 aliphatic rings. The maximum absolute atomic E-state index is 12.7. The molecule has 5 heteroatoms. The molecule has 5 nitrogen and oxygen atoms in total. The van der Waals surface area contributed by atoms with Crippen molar-refractivity contribution in [2.75, 3.05) is 27.7 Å². The third kappa shape index (κ3) is 4.02. The van der Waals surface area contributed by atoms with Crippen LogP contribution in [-0.2, 0) is 17.6 Å². The summed E-state index contributed by atoms with van der Waals surface area (Å²) in [5.41, 5.74) is 2.62. The quantitative estimate of drug-likeness (QED) is 0.643. The second-order valence-electron chi connectivity index (χ2n) is 7.97. The number of nitrogens with zero attached hydrogens (tertiary/aromatic N) is 2. The molecule has 1 aromatic carbocycles. The van der Waals surface area contributed by atoms with Crippen LogP contribution >= 0.6 is 0 Å². The van der Waals surface area contributed by atoms with Gasteiger partial charge in [-0.05, 0) is 43.2 Å². The lowest BCUT2D eigenvalue weighted by atomic mass is 9.84. The lowest BCUT2D eigenvalue weighted by Crippen LogP contribution is -2.51. The van der Waals surface area contributed by atoms with Crippen LogP contribution in [0.2, 0.25) is 0 Å². The van der Waals surface area contributed by atoms with Crippen molar-refractivity contribution in [1.29, 1.82) is 0 Å². The van der Waals surface area contributed by atoms with E-state index in [-0.39, 0.29) is 11.3 Å². The van der Waals surface area contributed by atoms with Gasteiger partial charge in [0, 0.05) is 33.7 Å². The Morgan fingerprint density at radius 2 is 1.92 bits per heavy atom. The number of rotatable bonds is 4. The van der Waals surface area contributed by atoms with Gasteiger partial charge in [-0.3, -0.25) is 9.79 Å². The number of benzene rings is 1. The highest BCUT2D eigenvalue weighted by Crippen LogP contribution is 2.38. The molecule has 0 spiro atoms. The SMILES string of the molecule is CN=C(NCC1(C(=O)N(C)C)CCCC1)NC1CCc2ccccc2C1. The van der Waals surface area contributed by atoms with Gasteiger partial charge in [0.15, 0.2) is 5.96 Å². The highest BCUT2D eigenvalue weighted by Gasteiger charge is 2.42. The lowest BCUT2D eigenvalue weighted by molar-refractivity contribution is -0.138. The molecule has 2 aliphatic carbocycles. The Balaban J connectivity index is 1.59. The van der Waals surface area contributed by atoms with Crippen molar-refractivity contribution in [3.63, 3.8) is 0 Å². The number of carbonyl (C=O) groups excluding carboxylic acids is 1. The van der Waals surface area contributed by atoms with Crippen LogP contribution in [0.3, 0.4) is 0 Å². The van der Waals surface area contributed by atoms with Gasteiger partial charge in [0.05, 0.1) is 5.41 Å². The number of amides is 1. The summed E-state index contributed by atoms with van der Waals surface area (Å²) in [6, 6.07) is 9.08. The summed E-state index contributed by atoms with van der Waals surface area (Å²) in [4.78, 5) is 18.9. The summed E-state index contributed by atoms with van der Waals surface area (Å²) < 4.78 is 0. The first-order valence-electron chi connectivity index (χ1n) is 9.80. The van der Waals surface area contributed by atoms with Crippen molar-refractivity contribution in [3.05, 3.63) is 35.4 Å². The van der Waals surface area contributed by atoms with Crippen LogP contribution < -0.4 is 10.6 Å². The molecule has 1 unspecified atom stereocenters. The minimum absolute atomic E-state index is 0.240. The molecule has 0 radical (unpaired) electrons. The number of hydrogen-bond acceptors (Lipinski definition) is 2. The number of guanidine groups is 1. The molecule has 26 heavy (non-hydrogen) atoms. The number of fused-ring (bicyclic) bond motifs is 1. The number of aliphatic imine (C=N–C) groups is 1. The van der Waals surface area contributed by atoms with Crippen molar-refractivity contribution in [2.45, 2.75) is 51.0 Å². The first kappa shape index (κ1) is 18.7.